The molecule has 0 bridgehead atoms. The Morgan fingerprint density at radius 3 is 2.84 bits per heavy atom. The Balaban J connectivity index is 1.74. The summed E-state index contributed by atoms with van der Waals surface area (Å²) >= 11 is 0. The number of benzene rings is 1. The van der Waals surface area contributed by atoms with Crippen molar-refractivity contribution in [3.63, 3.8) is 0 Å². The van der Waals surface area contributed by atoms with Crippen LogP contribution in [0.15, 0.2) is 18.2 Å². The summed E-state index contributed by atoms with van der Waals surface area (Å²) in [4.78, 5) is 12.3. The van der Waals surface area contributed by atoms with Gasteiger partial charge in [0.25, 0.3) is 0 Å². The van der Waals surface area contributed by atoms with Crippen LogP contribution < -0.4 is 10.6 Å². The summed E-state index contributed by atoms with van der Waals surface area (Å²) in [5.74, 6) is 0.444. The molecule has 3 nitrogen and oxygen atoms in total. The van der Waals surface area contributed by atoms with E-state index in [4.69, 9.17) is 0 Å². The van der Waals surface area contributed by atoms with Crippen molar-refractivity contribution in [2.24, 2.45) is 5.92 Å². The Hall–Kier alpha value is -1.51. The average molecular weight is 258 g/mol. The third-order valence-corrected chi connectivity index (χ3v) is 4.33. The first-order valence-electron chi connectivity index (χ1n) is 7.51. The van der Waals surface area contributed by atoms with E-state index in [1.54, 1.807) is 0 Å². The molecule has 2 aliphatic rings. The second kappa shape index (κ2) is 5.64. The molecule has 1 aliphatic heterocycles. The number of carbonyl (C=O) groups is 1. The Labute approximate surface area is 114 Å². The molecule has 19 heavy (non-hydrogen) atoms. The minimum absolute atomic E-state index is 0.221. The topological polar surface area (TPSA) is 41.1 Å². The predicted octanol–water partition coefficient (Wildman–Crippen LogP) is 3.56. The number of hydrogen-bond donors (Lipinski definition) is 2. The third-order valence-electron chi connectivity index (χ3n) is 4.33. The van der Waals surface area contributed by atoms with Crippen LogP contribution in [0, 0.1) is 5.92 Å². The lowest BCUT2D eigenvalue weighted by atomic mass is 9.88. The Morgan fingerprint density at radius 2 is 2.00 bits per heavy atom. The first kappa shape index (κ1) is 12.5. The monoisotopic (exact) mass is 258 g/mol. The van der Waals surface area contributed by atoms with Gasteiger partial charge in [0.1, 0.15) is 0 Å². The molecular formula is C16H22N2O. The van der Waals surface area contributed by atoms with Gasteiger partial charge in [0.05, 0.1) is 0 Å². The van der Waals surface area contributed by atoms with Crippen LogP contribution >= 0.6 is 0 Å². The van der Waals surface area contributed by atoms with Crippen LogP contribution in [0.25, 0.3) is 0 Å². The quantitative estimate of drug-likeness (QED) is 0.851. The van der Waals surface area contributed by atoms with Gasteiger partial charge in [0, 0.05) is 23.8 Å². The SMILES string of the molecule is O=C(Nc1cccc2c1CCCN2)C1CCCCC1. The molecule has 1 heterocycles. The molecule has 0 saturated heterocycles. The van der Waals surface area contributed by atoms with Crippen molar-refractivity contribution in [3.05, 3.63) is 23.8 Å². The van der Waals surface area contributed by atoms with Crippen LogP contribution in [0.5, 0.6) is 0 Å². The Bertz CT molecular complexity index is 464. The van der Waals surface area contributed by atoms with Crippen molar-refractivity contribution >= 4 is 17.3 Å². The maximum absolute atomic E-state index is 12.3. The average Bonchev–Trinajstić information content (AvgIpc) is 2.48. The molecule has 1 aromatic carbocycles. The molecule has 3 rings (SSSR count). The van der Waals surface area contributed by atoms with E-state index in [1.807, 2.05) is 12.1 Å². The summed E-state index contributed by atoms with van der Waals surface area (Å²) in [5, 5.41) is 6.57. The van der Waals surface area contributed by atoms with Gasteiger partial charge >= 0.3 is 0 Å². The highest BCUT2D eigenvalue weighted by Gasteiger charge is 2.22. The number of carbonyl (C=O) groups excluding carboxylic acids is 1. The van der Waals surface area contributed by atoms with Crippen LogP contribution in [-0.4, -0.2) is 12.5 Å². The fraction of sp³-hybridized carbons (Fsp3) is 0.562. The molecule has 1 saturated carbocycles. The largest absolute Gasteiger partial charge is 0.385 e. The predicted molar refractivity (Wildman–Crippen MR) is 78.5 cm³/mol. The fourth-order valence-corrected chi connectivity index (χ4v) is 3.23. The zero-order valence-corrected chi connectivity index (χ0v) is 11.4. The summed E-state index contributed by atoms with van der Waals surface area (Å²) < 4.78 is 0. The number of amides is 1. The van der Waals surface area contributed by atoms with E-state index >= 15 is 0 Å². The summed E-state index contributed by atoms with van der Waals surface area (Å²) in [5.41, 5.74) is 3.48. The molecule has 0 spiro atoms. The van der Waals surface area contributed by atoms with E-state index in [2.05, 4.69) is 16.7 Å². The molecule has 0 aromatic heterocycles. The molecule has 1 aliphatic carbocycles. The molecule has 3 heteroatoms. The van der Waals surface area contributed by atoms with Crippen molar-refractivity contribution in [1.29, 1.82) is 0 Å². The van der Waals surface area contributed by atoms with Crippen LogP contribution in [0.3, 0.4) is 0 Å². The molecule has 0 radical (unpaired) electrons. The number of fused-ring (bicyclic) bond motifs is 1. The maximum Gasteiger partial charge on any atom is 0.227 e. The van der Waals surface area contributed by atoms with Crippen molar-refractivity contribution < 1.29 is 4.79 Å². The maximum atomic E-state index is 12.3. The minimum atomic E-state index is 0.221. The number of rotatable bonds is 2. The first-order chi connectivity index (χ1) is 9.34. The van der Waals surface area contributed by atoms with Gasteiger partial charge in [-0.05, 0) is 43.4 Å². The second-order valence-corrected chi connectivity index (χ2v) is 5.69. The van der Waals surface area contributed by atoms with Crippen LogP contribution in [-0.2, 0) is 11.2 Å². The number of anilines is 2. The third kappa shape index (κ3) is 2.75. The standard InChI is InChI=1S/C16H22N2O/c19-16(12-6-2-1-3-7-12)18-15-10-4-9-14-13(15)8-5-11-17-14/h4,9-10,12,17H,1-3,5-8,11H2,(H,18,19). The zero-order chi connectivity index (χ0) is 13.1. The van der Waals surface area contributed by atoms with Crippen molar-refractivity contribution in [1.82, 2.24) is 0 Å². The molecular weight excluding hydrogens is 236 g/mol. The summed E-state index contributed by atoms with van der Waals surface area (Å²) in [7, 11) is 0. The van der Waals surface area contributed by atoms with E-state index in [0.717, 1.165) is 37.9 Å². The highest BCUT2D eigenvalue weighted by molar-refractivity contribution is 5.94. The van der Waals surface area contributed by atoms with Gasteiger partial charge in [-0.3, -0.25) is 4.79 Å². The van der Waals surface area contributed by atoms with E-state index in [-0.39, 0.29) is 11.8 Å². The van der Waals surface area contributed by atoms with E-state index < -0.39 is 0 Å². The van der Waals surface area contributed by atoms with E-state index in [1.165, 1.54) is 30.5 Å². The van der Waals surface area contributed by atoms with Gasteiger partial charge in [-0.1, -0.05) is 25.3 Å². The summed E-state index contributed by atoms with van der Waals surface area (Å²) in [6.45, 7) is 1.03. The molecule has 1 aromatic rings. The van der Waals surface area contributed by atoms with Gasteiger partial charge in [-0.25, -0.2) is 0 Å². The number of hydrogen-bond acceptors (Lipinski definition) is 2. The lowest BCUT2D eigenvalue weighted by molar-refractivity contribution is -0.120. The van der Waals surface area contributed by atoms with E-state index in [9.17, 15) is 4.79 Å². The van der Waals surface area contributed by atoms with E-state index in [0.29, 0.717) is 0 Å². The highest BCUT2D eigenvalue weighted by Crippen LogP contribution is 2.30. The molecule has 0 unspecified atom stereocenters. The summed E-state index contributed by atoms with van der Waals surface area (Å²) in [6, 6.07) is 6.16. The van der Waals surface area contributed by atoms with Gasteiger partial charge in [-0.15, -0.1) is 0 Å². The summed E-state index contributed by atoms with van der Waals surface area (Å²) in [6.07, 6.45) is 8.00. The fourth-order valence-electron chi connectivity index (χ4n) is 3.23. The Kier molecular flexibility index (Phi) is 3.72. The molecule has 102 valence electrons. The zero-order valence-electron chi connectivity index (χ0n) is 11.4. The highest BCUT2D eigenvalue weighted by atomic mass is 16.1. The van der Waals surface area contributed by atoms with Crippen molar-refractivity contribution in [2.75, 3.05) is 17.2 Å². The molecule has 1 fully saturated rings. The molecule has 0 atom stereocenters. The van der Waals surface area contributed by atoms with Gasteiger partial charge in [-0.2, -0.15) is 0 Å². The van der Waals surface area contributed by atoms with Gasteiger partial charge < -0.3 is 10.6 Å². The van der Waals surface area contributed by atoms with Crippen LogP contribution in [0.2, 0.25) is 0 Å². The van der Waals surface area contributed by atoms with Crippen LogP contribution in [0.4, 0.5) is 11.4 Å². The molecule has 2 N–H and O–H groups in total. The molecule has 1 amide bonds. The normalized spacial score (nSPS) is 19.4. The minimum Gasteiger partial charge on any atom is -0.385 e. The van der Waals surface area contributed by atoms with Gasteiger partial charge in [0.15, 0.2) is 0 Å². The van der Waals surface area contributed by atoms with Gasteiger partial charge in [0.2, 0.25) is 5.91 Å². The Morgan fingerprint density at radius 1 is 1.16 bits per heavy atom. The van der Waals surface area contributed by atoms with Crippen molar-refractivity contribution in [2.45, 2.75) is 44.9 Å². The van der Waals surface area contributed by atoms with Crippen LogP contribution in [0.1, 0.15) is 44.1 Å². The van der Waals surface area contributed by atoms with Crippen molar-refractivity contribution in [3.8, 4) is 0 Å². The smallest absolute Gasteiger partial charge is 0.227 e. The first-order valence-corrected chi connectivity index (χ1v) is 7.51. The second-order valence-electron chi connectivity index (χ2n) is 5.69. The lowest BCUT2D eigenvalue weighted by Crippen LogP contribution is -2.26. The lowest BCUT2D eigenvalue weighted by Gasteiger charge is -2.24. The number of nitrogens with one attached hydrogen (secondary N) is 2.